The van der Waals surface area contributed by atoms with Gasteiger partial charge in [0.1, 0.15) is 5.82 Å². The predicted octanol–water partition coefficient (Wildman–Crippen LogP) is 3.38. The largest absolute Gasteiger partial charge is 0.338 e. The number of pyridine rings is 1. The number of amides is 1. The number of carbonyl (C=O) groups excluding carboxylic acids is 1. The van der Waals surface area contributed by atoms with Crippen molar-refractivity contribution in [2.75, 3.05) is 6.54 Å². The van der Waals surface area contributed by atoms with Crippen LogP contribution in [0, 0.1) is 6.92 Å². The Morgan fingerprint density at radius 2 is 2.00 bits per heavy atom. The smallest absolute Gasteiger partial charge is 0.255 e. The van der Waals surface area contributed by atoms with Crippen LogP contribution in [0.15, 0.2) is 53.6 Å². The molecule has 0 aliphatic heterocycles. The van der Waals surface area contributed by atoms with Crippen molar-refractivity contribution in [1.29, 1.82) is 0 Å². The molecule has 1 aromatic carbocycles. The first-order chi connectivity index (χ1) is 13.5. The topological polar surface area (TPSA) is 79.0 Å². The SMILES string of the molecule is CCN(Cc1ccccc1Cl)C(=O)Cc1c(C)nc(-c2cccnc2)[nH]c1=O. The van der Waals surface area contributed by atoms with E-state index in [1.807, 2.05) is 31.2 Å². The monoisotopic (exact) mass is 396 g/mol. The standard InChI is InChI=1S/C21H21ClN4O2/c1-3-26(13-16-7-4-5-9-18(16)22)19(27)11-17-14(2)24-20(25-21(17)28)15-8-6-10-23-12-15/h4-10,12H,3,11,13H2,1-2H3,(H,24,25,28). The molecule has 0 fully saturated rings. The molecule has 0 saturated carbocycles. The van der Waals surface area contributed by atoms with E-state index in [0.29, 0.717) is 35.2 Å². The van der Waals surface area contributed by atoms with E-state index in [-0.39, 0.29) is 17.9 Å². The van der Waals surface area contributed by atoms with Crippen molar-refractivity contribution in [3.8, 4) is 11.4 Å². The Morgan fingerprint density at radius 3 is 2.64 bits per heavy atom. The molecule has 0 spiro atoms. The molecule has 0 unspecified atom stereocenters. The number of carbonyl (C=O) groups is 1. The maximum atomic E-state index is 12.8. The van der Waals surface area contributed by atoms with Crippen molar-refractivity contribution < 1.29 is 4.79 Å². The van der Waals surface area contributed by atoms with Gasteiger partial charge in [0.15, 0.2) is 0 Å². The van der Waals surface area contributed by atoms with Gasteiger partial charge >= 0.3 is 0 Å². The molecule has 3 aromatic rings. The maximum Gasteiger partial charge on any atom is 0.255 e. The molecule has 0 aliphatic rings. The average molecular weight is 397 g/mol. The Labute approximate surface area is 168 Å². The van der Waals surface area contributed by atoms with Gasteiger partial charge in [-0.05, 0) is 37.6 Å². The van der Waals surface area contributed by atoms with Crippen LogP contribution >= 0.6 is 11.6 Å². The number of H-pyrrole nitrogens is 1. The van der Waals surface area contributed by atoms with Gasteiger partial charge in [0.05, 0.1) is 6.42 Å². The molecule has 6 nitrogen and oxygen atoms in total. The van der Waals surface area contributed by atoms with Gasteiger partial charge in [-0.2, -0.15) is 0 Å². The van der Waals surface area contributed by atoms with Gasteiger partial charge in [-0.3, -0.25) is 14.6 Å². The van der Waals surface area contributed by atoms with E-state index >= 15 is 0 Å². The Bertz CT molecular complexity index is 1030. The number of halogens is 1. The highest BCUT2D eigenvalue weighted by molar-refractivity contribution is 6.31. The predicted molar refractivity (Wildman–Crippen MR) is 109 cm³/mol. The van der Waals surface area contributed by atoms with Crippen LogP contribution in [0.2, 0.25) is 5.02 Å². The molecule has 0 atom stereocenters. The van der Waals surface area contributed by atoms with Crippen LogP contribution in [0.3, 0.4) is 0 Å². The van der Waals surface area contributed by atoms with Gasteiger partial charge in [0.25, 0.3) is 5.56 Å². The van der Waals surface area contributed by atoms with Crippen molar-refractivity contribution in [1.82, 2.24) is 19.9 Å². The molecule has 28 heavy (non-hydrogen) atoms. The fourth-order valence-electron chi connectivity index (χ4n) is 2.93. The average Bonchev–Trinajstić information content (AvgIpc) is 2.70. The highest BCUT2D eigenvalue weighted by Crippen LogP contribution is 2.18. The van der Waals surface area contributed by atoms with E-state index in [4.69, 9.17) is 11.6 Å². The number of nitrogens with zero attached hydrogens (tertiary/aromatic N) is 3. The van der Waals surface area contributed by atoms with E-state index in [2.05, 4.69) is 15.0 Å². The molecule has 2 heterocycles. The summed E-state index contributed by atoms with van der Waals surface area (Å²) >= 11 is 6.21. The van der Waals surface area contributed by atoms with Crippen LogP contribution in [0.1, 0.15) is 23.7 Å². The molecule has 0 radical (unpaired) electrons. The maximum absolute atomic E-state index is 12.8. The number of hydrogen-bond acceptors (Lipinski definition) is 4. The molecule has 2 aromatic heterocycles. The number of aromatic amines is 1. The summed E-state index contributed by atoms with van der Waals surface area (Å²) in [6.45, 7) is 4.55. The van der Waals surface area contributed by atoms with E-state index < -0.39 is 0 Å². The lowest BCUT2D eigenvalue weighted by Gasteiger charge is -2.22. The van der Waals surface area contributed by atoms with E-state index in [0.717, 1.165) is 11.1 Å². The number of aromatic nitrogens is 3. The van der Waals surface area contributed by atoms with Crippen LogP contribution in [-0.4, -0.2) is 32.3 Å². The third-order valence-electron chi connectivity index (χ3n) is 4.54. The number of rotatable bonds is 6. The van der Waals surface area contributed by atoms with Crippen LogP contribution in [0.25, 0.3) is 11.4 Å². The number of likely N-dealkylation sites (N-methyl/N-ethyl adjacent to an activating group) is 1. The second-order valence-corrected chi connectivity index (χ2v) is 6.80. The van der Waals surface area contributed by atoms with Gasteiger partial charge in [-0.1, -0.05) is 29.8 Å². The molecule has 7 heteroatoms. The third kappa shape index (κ3) is 4.46. The molecule has 0 bridgehead atoms. The molecule has 0 saturated heterocycles. The lowest BCUT2D eigenvalue weighted by atomic mass is 10.1. The molecule has 0 aliphatic carbocycles. The minimum absolute atomic E-state index is 0.0141. The molecular formula is C21H21ClN4O2. The van der Waals surface area contributed by atoms with Gasteiger partial charge in [-0.15, -0.1) is 0 Å². The highest BCUT2D eigenvalue weighted by Gasteiger charge is 2.18. The van der Waals surface area contributed by atoms with Gasteiger partial charge < -0.3 is 9.88 Å². The summed E-state index contributed by atoms with van der Waals surface area (Å²) in [6, 6.07) is 11.0. The lowest BCUT2D eigenvalue weighted by molar-refractivity contribution is -0.130. The summed E-state index contributed by atoms with van der Waals surface area (Å²) in [4.78, 5) is 38.3. The molecule has 144 valence electrons. The van der Waals surface area contributed by atoms with Crippen LogP contribution in [0.4, 0.5) is 0 Å². The van der Waals surface area contributed by atoms with Crippen molar-refractivity contribution in [2.24, 2.45) is 0 Å². The zero-order chi connectivity index (χ0) is 20.1. The minimum Gasteiger partial charge on any atom is -0.338 e. The first kappa shape index (κ1) is 19.8. The van der Waals surface area contributed by atoms with E-state index in [1.165, 1.54) is 0 Å². The summed E-state index contributed by atoms with van der Waals surface area (Å²) in [5.74, 6) is 0.294. The second kappa shape index (κ2) is 8.80. The van der Waals surface area contributed by atoms with Crippen LogP contribution < -0.4 is 5.56 Å². The summed E-state index contributed by atoms with van der Waals surface area (Å²) in [7, 11) is 0. The Hall–Kier alpha value is -2.99. The summed E-state index contributed by atoms with van der Waals surface area (Å²) in [5.41, 5.74) is 2.18. The minimum atomic E-state index is -0.312. The van der Waals surface area contributed by atoms with Gasteiger partial charge in [0, 0.05) is 47.3 Å². The fraction of sp³-hybridized carbons (Fsp3) is 0.238. The summed E-state index contributed by atoms with van der Waals surface area (Å²) in [6.07, 6.45) is 3.27. The summed E-state index contributed by atoms with van der Waals surface area (Å²) < 4.78 is 0. The van der Waals surface area contributed by atoms with Gasteiger partial charge in [-0.25, -0.2) is 4.98 Å². The van der Waals surface area contributed by atoms with Crippen molar-refractivity contribution in [2.45, 2.75) is 26.8 Å². The quantitative estimate of drug-likeness (QED) is 0.692. The van der Waals surface area contributed by atoms with E-state index in [9.17, 15) is 9.59 Å². The van der Waals surface area contributed by atoms with Crippen LogP contribution in [0.5, 0.6) is 0 Å². The zero-order valence-electron chi connectivity index (χ0n) is 15.8. The lowest BCUT2D eigenvalue weighted by Crippen LogP contribution is -2.33. The number of hydrogen-bond donors (Lipinski definition) is 1. The Balaban J connectivity index is 1.81. The number of nitrogens with one attached hydrogen (secondary N) is 1. The first-order valence-electron chi connectivity index (χ1n) is 9.01. The number of aryl methyl sites for hydroxylation is 1. The Morgan fingerprint density at radius 1 is 1.21 bits per heavy atom. The third-order valence-corrected chi connectivity index (χ3v) is 4.91. The zero-order valence-corrected chi connectivity index (χ0v) is 16.5. The van der Waals surface area contributed by atoms with Crippen LogP contribution in [-0.2, 0) is 17.8 Å². The van der Waals surface area contributed by atoms with Crippen molar-refractivity contribution in [3.63, 3.8) is 0 Å². The fourth-order valence-corrected chi connectivity index (χ4v) is 3.13. The van der Waals surface area contributed by atoms with E-state index in [1.54, 1.807) is 36.4 Å². The molecule has 3 rings (SSSR count). The molecule has 1 N–H and O–H groups in total. The Kier molecular flexibility index (Phi) is 6.21. The normalized spacial score (nSPS) is 10.7. The molecular weight excluding hydrogens is 376 g/mol. The number of benzene rings is 1. The summed E-state index contributed by atoms with van der Waals surface area (Å²) in [5, 5.41) is 0.616. The van der Waals surface area contributed by atoms with Crippen molar-refractivity contribution >= 4 is 17.5 Å². The van der Waals surface area contributed by atoms with Crippen molar-refractivity contribution in [3.05, 3.63) is 81.0 Å². The highest BCUT2D eigenvalue weighted by atomic mass is 35.5. The molecule has 1 amide bonds. The first-order valence-corrected chi connectivity index (χ1v) is 9.38. The van der Waals surface area contributed by atoms with Gasteiger partial charge in [0.2, 0.25) is 5.91 Å². The second-order valence-electron chi connectivity index (χ2n) is 6.40.